The Hall–Kier alpha value is -12.7. The molecule has 0 saturated carbocycles. The summed E-state index contributed by atoms with van der Waals surface area (Å²) in [5.41, 5.74) is 21.2. The summed E-state index contributed by atoms with van der Waals surface area (Å²) in [6, 6.07) is 111. The van der Waals surface area contributed by atoms with Crippen LogP contribution in [0.3, 0.4) is 0 Å². The SMILES string of the molecule is Cc1nc2cc(-c3cccc(-c4cc(-c5ccccc5)nc(-c5nc(-c6cc(-c7ccccc7)ccn6)nc(-c6cc(-c7ccccc7)cc(-c7ccccc7)n6)n5)c4)c3)ccc2n1-c1ccc(-c2c3ccccc3c(-c3ccc4ccccc4c3)c3ccccc23)cc1. The van der Waals surface area contributed by atoms with E-state index in [2.05, 4.69) is 242 Å². The summed E-state index contributed by atoms with van der Waals surface area (Å²) in [7, 11) is 0. The molecule has 440 valence electrons. The van der Waals surface area contributed by atoms with Crippen molar-refractivity contribution in [3.63, 3.8) is 0 Å². The first-order chi connectivity index (χ1) is 46.5. The molecular weight excluding hydrogens is 1150 g/mol. The third kappa shape index (κ3) is 10.4. The fourth-order valence-electron chi connectivity index (χ4n) is 13.3. The number of nitrogens with zero attached hydrogens (tertiary/aromatic N) is 8. The molecule has 0 saturated heterocycles. The Labute approximate surface area is 543 Å². The molecule has 0 radical (unpaired) electrons. The second kappa shape index (κ2) is 23.6. The maximum atomic E-state index is 5.38. The summed E-state index contributed by atoms with van der Waals surface area (Å²) in [5, 5.41) is 7.38. The molecule has 5 heterocycles. The Balaban J connectivity index is 0.746. The van der Waals surface area contributed by atoms with Gasteiger partial charge in [0.1, 0.15) is 22.9 Å². The van der Waals surface area contributed by atoms with Gasteiger partial charge in [-0.1, -0.05) is 243 Å². The molecule has 0 fully saturated rings. The summed E-state index contributed by atoms with van der Waals surface area (Å²) < 4.78 is 2.26. The molecule has 0 amide bonds. The van der Waals surface area contributed by atoms with E-state index in [1.165, 1.54) is 49.0 Å². The van der Waals surface area contributed by atoms with E-state index in [0.717, 1.165) is 95.1 Å². The quantitative estimate of drug-likeness (QED) is 0.112. The van der Waals surface area contributed by atoms with Gasteiger partial charge in [-0.15, -0.1) is 0 Å². The summed E-state index contributed by atoms with van der Waals surface area (Å²) >= 11 is 0. The predicted octanol–water partition coefficient (Wildman–Crippen LogP) is 21.5. The molecule has 0 atom stereocenters. The van der Waals surface area contributed by atoms with Crippen LogP contribution in [0.15, 0.2) is 322 Å². The molecule has 5 aromatic heterocycles. The zero-order valence-corrected chi connectivity index (χ0v) is 51.2. The normalized spacial score (nSPS) is 11.5. The number of rotatable bonds is 12. The highest BCUT2D eigenvalue weighted by molar-refractivity contribution is 6.21. The molecule has 94 heavy (non-hydrogen) atoms. The van der Waals surface area contributed by atoms with Gasteiger partial charge in [-0.25, -0.2) is 29.9 Å². The van der Waals surface area contributed by atoms with E-state index in [0.29, 0.717) is 34.6 Å². The highest BCUT2D eigenvalue weighted by atomic mass is 15.1. The highest BCUT2D eigenvalue weighted by Gasteiger charge is 2.22. The van der Waals surface area contributed by atoms with Crippen LogP contribution in [0.25, 0.3) is 173 Å². The molecular formula is C86H56N8. The van der Waals surface area contributed by atoms with Gasteiger partial charge in [-0.05, 0) is 179 Å². The third-order valence-electron chi connectivity index (χ3n) is 17.8. The molecule has 17 aromatic rings. The molecule has 0 bridgehead atoms. The van der Waals surface area contributed by atoms with Crippen LogP contribution in [0.1, 0.15) is 5.82 Å². The van der Waals surface area contributed by atoms with Crippen molar-refractivity contribution in [2.75, 3.05) is 0 Å². The van der Waals surface area contributed by atoms with E-state index < -0.39 is 0 Å². The average molecular weight is 1200 g/mol. The zero-order chi connectivity index (χ0) is 62.5. The van der Waals surface area contributed by atoms with Gasteiger partial charge in [0.2, 0.25) is 0 Å². The molecule has 0 aliphatic carbocycles. The fourth-order valence-corrected chi connectivity index (χ4v) is 13.3. The zero-order valence-electron chi connectivity index (χ0n) is 51.2. The van der Waals surface area contributed by atoms with Gasteiger partial charge in [0.15, 0.2) is 17.5 Å². The van der Waals surface area contributed by atoms with Crippen LogP contribution < -0.4 is 0 Å². The van der Waals surface area contributed by atoms with Crippen molar-refractivity contribution in [3.05, 3.63) is 327 Å². The van der Waals surface area contributed by atoms with Crippen LogP contribution in [0.4, 0.5) is 0 Å². The van der Waals surface area contributed by atoms with E-state index >= 15 is 0 Å². The van der Waals surface area contributed by atoms with Crippen molar-refractivity contribution in [2.24, 2.45) is 0 Å². The van der Waals surface area contributed by atoms with Gasteiger partial charge in [-0.3, -0.25) is 9.55 Å². The van der Waals surface area contributed by atoms with E-state index in [9.17, 15) is 0 Å². The van der Waals surface area contributed by atoms with Crippen LogP contribution in [0.2, 0.25) is 0 Å². The van der Waals surface area contributed by atoms with Crippen LogP contribution in [0, 0.1) is 6.92 Å². The van der Waals surface area contributed by atoms with Crippen molar-refractivity contribution in [1.29, 1.82) is 0 Å². The second-order valence-corrected chi connectivity index (χ2v) is 23.7. The Morgan fingerprint density at radius 3 is 1.24 bits per heavy atom. The van der Waals surface area contributed by atoms with Gasteiger partial charge in [-0.2, -0.15) is 0 Å². The number of hydrogen-bond donors (Lipinski definition) is 0. The number of benzene rings is 12. The fraction of sp³-hybridized carbons (Fsp3) is 0.0116. The van der Waals surface area contributed by atoms with Crippen molar-refractivity contribution in [1.82, 2.24) is 39.5 Å². The van der Waals surface area contributed by atoms with Crippen molar-refractivity contribution in [3.8, 4) is 130 Å². The number of pyridine rings is 3. The Bertz CT molecular complexity index is 5620. The largest absolute Gasteiger partial charge is 0.297 e. The maximum Gasteiger partial charge on any atom is 0.182 e. The minimum absolute atomic E-state index is 0.384. The Kier molecular flexibility index (Phi) is 13.9. The number of hydrogen-bond acceptors (Lipinski definition) is 7. The first kappa shape index (κ1) is 55.4. The average Bonchev–Trinajstić information content (AvgIpc) is 0.753. The molecule has 0 aliphatic heterocycles. The molecule has 17 rings (SSSR count). The molecule has 8 heteroatoms. The monoisotopic (exact) mass is 1200 g/mol. The van der Waals surface area contributed by atoms with E-state index in [4.69, 9.17) is 34.9 Å². The highest BCUT2D eigenvalue weighted by Crippen LogP contribution is 2.45. The molecule has 0 spiro atoms. The van der Waals surface area contributed by atoms with Crippen molar-refractivity contribution in [2.45, 2.75) is 6.92 Å². The van der Waals surface area contributed by atoms with E-state index in [1.54, 1.807) is 0 Å². The third-order valence-corrected chi connectivity index (χ3v) is 17.8. The lowest BCUT2D eigenvalue weighted by Gasteiger charge is -2.18. The lowest BCUT2D eigenvalue weighted by atomic mass is 9.85. The van der Waals surface area contributed by atoms with Gasteiger partial charge in [0, 0.05) is 23.0 Å². The summed E-state index contributed by atoms with van der Waals surface area (Å²) in [6.45, 7) is 2.09. The lowest BCUT2D eigenvalue weighted by Crippen LogP contribution is -2.04. The van der Waals surface area contributed by atoms with Crippen molar-refractivity contribution < 1.29 is 0 Å². The Morgan fingerprint density at radius 1 is 0.245 bits per heavy atom. The van der Waals surface area contributed by atoms with E-state index in [-0.39, 0.29) is 0 Å². The van der Waals surface area contributed by atoms with E-state index in [1.807, 2.05) is 91.1 Å². The number of fused-ring (bicyclic) bond motifs is 4. The van der Waals surface area contributed by atoms with Gasteiger partial charge in [0.05, 0.1) is 22.4 Å². The first-order valence-corrected chi connectivity index (χ1v) is 31.6. The summed E-state index contributed by atoms with van der Waals surface area (Å²) in [4.78, 5) is 36.6. The summed E-state index contributed by atoms with van der Waals surface area (Å²) in [5.74, 6) is 2.08. The first-order valence-electron chi connectivity index (χ1n) is 31.6. The lowest BCUT2D eigenvalue weighted by molar-refractivity contribution is 1.00. The van der Waals surface area contributed by atoms with Crippen LogP contribution in [-0.2, 0) is 0 Å². The number of aromatic nitrogens is 8. The number of aryl methyl sites for hydroxylation is 1. The van der Waals surface area contributed by atoms with Crippen molar-refractivity contribution >= 4 is 43.4 Å². The topological polar surface area (TPSA) is 95.2 Å². The smallest absolute Gasteiger partial charge is 0.182 e. The molecule has 8 nitrogen and oxygen atoms in total. The standard InChI is InChI=1S/C86H56N8/c1-55-88-77-49-65(41-44-81(77)94(55)70-42-39-61(40-43-70)82-71-33-16-18-35-73(71)83(74-36-19-17-34-72(74)82)67-38-37-58-25-14-15-30-62(58)48-67)63-31-20-32-64(47-63)69-52-76(60-28-12-5-13-29-60)90-80(54-69)86-92-84(78-50-66(45-46-87-78)56-21-6-2-7-22-56)91-85(93-86)79-53-68(57-23-8-3-9-24-57)51-75(89-79)59-26-10-4-11-27-59/h2-54H,1H3. The minimum Gasteiger partial charge on any atom is -0.297 e. The number of imidazole rings is 1. The molecule has 0 aliphatic rings. The van der Waals surface area contributed by atoms with Crippen LogP contribution >= 0.6 is 0 Å². The maximum absolute atomic E-state index is 5.38. The minimum atomic E-state index is 0.384. The van der Waals surface area contributed by atoms with Crippen LogP contribution in [-0.4, -0.2) is 39.5 Å². The Morgan fingerprint density at radius 2 is 0.660 bits per heavy atom. The second-order valence-electron chi connectivity index (χ2n) is 23.7. The van der Waals surface area contributed by atoms with Gasteiger partial charge < -0.3 is 0 Å². The molecule has 0 N–H and O–H groups in total. The molecule has 0 unspecified atom stereocenters. The van der Waals surface area contributed by atoms with Gasteiger partial charge >= 0.3 is 0 Å². The van der Waals surface area contributed by atoms with Crippen LogP contribution in [0.5, 0.6) is 0 Å². The molecule has 12 aromatic carbocycles. The van der Waals surface area contributed by atoms with Gasteiger partial charge in [0.25, 0.3) is 0 Å². The predicted molar refractivity (Wildman–Crippen MR) is 385 cm³/mol. The summed E-state index contributed by atoms with van der Waals surface area (Å²) in [6.07, 6.45) is 1.81.